The Morgan fingerprint density at radius 2 is 1.17 bits per heavy atom. The fourth-order valence-corrected chi connectivity index (χ4v) is 7.51. The van der Waals surface area contributed by atoms with Crippen LogP contribution in [0.5, 0.6) is 0 Å². The van der Waals surface area contributed by atoms with Crippen molar-refractivity contribution in [3.8, 4) is 0 Å². The second-order valence-electron chi connectivity index (χ2n) is 6.57. The van der Waals surface area contributed by atoms with E-state index >= 15 is 0 Å². The number of fused-ring (bicyclic) bond motifs is 2. The van der Waals surface area contributed by atoms with E-state index < -0.39 is 0 Å². The van der Waals surface area contributed by atoms with Crippen molar-refractivity contribution in [2.24, 2.45) is 0 Å². The number of rotatable bonds is 3. The van der Waals surface area contributed by atoms with E-state index in [1.165, 1.54) is 46.5 Å². The molecule has 0 saturated carbocycles. The summed E-state index contributed by atoms with van der Waals surface area (Å²) in [6.45, 7) is 0. The van der Waals surface area contributed by atoms with Gasteiger partial charge in [0.1, 0.15) is 6.29 Å². The van der Waals surface area contributed by atoms with Crippen molar-refractivity contribution in [2.75, 3.05) is 0 Å². The van der Waals surface area contributed by atoms with Crippen LogP contribution in [0.15, 0.2) is 82.3 Å². The minimum absolute atomic E-state index is 0.793. The van der Waals surface area contributed by atoms with Crippen LogP contribution in [-0.2, 0) is 4.79 Å². The van der Waals surface area contributed by atoms with Gasteiger partial charge in [-0.3, -0.25) is 4.79 Å². The third-order valence-corrected chi connectivity index (χ3v) is 9.12. The molecule has 0 fully saturated rings. The Bertz CT molecular complexity index is 1390. The highest BCUT2D eigenvalue weighted by atomic mass is 32.2. The lowest BCUT2D eigenvalue weighted by molar-refractivity contribution is -0.104. The van der Waals surface area contributed by atoms with Crippen LogP contribution in [0.3, 0.4) is 0 Å². The van der Waals surface area contributed by atoms with Gasteiger partial charge in [0.05, 0.1) is 8.47 Å². The van der Waals surface area contributed by atoms with Gasteiger partial charge in [0, 0.05) is 10.4 Å². The van der Waals surface area contributed by atoms with Crippen molar-refractivity contribution in [1.82, 2.24) is 0 Å². The normalized spacial score (nSPS) is 16.3. The molecule has 0 aromatic heterocycles. The molecule has 0 bridgehead atoms. The first kappa shape index (κ1) is 19.9. The van der Waals surface area contributed by atoms with Crippen molar-refractivity contribution >= 4 is 89.4 Å². The number of aldehydes is 1. The van der Waals surface area contributed by atoms with E-state index in [0.717, 1.165) is 11.8 Å². The van der Waals surface area contributed by atoms with Gasteiger partial charge >= 0.3 is 0 Å². The van der Waals surface area contributed by atoms with Crippen molar-refractivity contribution in [2.45, 2.75) is 0 Å². The number of hydrogen-bond acceptors (Lipinski definition) is 5. The highest BCUT2D eigenvalue weighted by Gasteiger charge is 2.15. The van der Waals surface area contributed by atoms with Crippen LogP contribution in [-0.4, -0.2) is 6.29 Å². The van der Waals surface area contributed by atoms with Crippen LogP contribution in [0.4, 0.5) is 0 Å². The van der Waals surface area contributed by atoms with E-state index in [1.807, 2.05) is 12.2 Å². The molecule has 0 saturated heterocycles. The lowest BCUT2D eigenvalue weighted by Crippen LogP contribution is -2.16. The summed E-state index contributed by atoms with van der Waals surface area (Å²) in [7, 11) is 0. The molecule has 0 unspecified atom stereocenters. The van der Waals surface area contributed by atoms with Crippen molar-refractivity contribution in [1.29, 1.82) is 0 Å². The van der Waals surface area contributed by atoms with Crippen LogP contribution >= 0.6 is 47.0 Å². The van der Waals surface area contributed by atoms with Gasteiger partial charge in [-0.1, -0.05) is 102 Å². The maximum Gasteiger partial charge on any atom is 0.142 e. The Hall–Kier alpha value is -2.05. The maximum absolute atomic E-state index is 10.5. The lowest BCUT2D eigenvalue weighted by Gasteiger charge is -2.11. The molecule has 3 aromatic rings. The minimum atomic E-state index is 0.793. The van der Waals surface area contributed by atoms with Crippen molar-refractivity contribution in [3.05, 3.63) is 98.3 Å². The van der Waals surface area contributed by atoms with Gasteiger partial charge in [-0.05, 0) is 60.9 Å². The van der Waals surface area contributed by atoms with Gasteiger partial charge in [-0.2, -0.15) is 0 Å². The summed E-state index contributed by atoms with van der Waals surface area (Å²) in [4.78, 5) is 10.5. The van der Waals surface area contributed by atoms with Crippen LogP contribution in [0.1, 0.15) is 5.56 Å². The molecule has 0 atom stereocenters. The molecule has 146 valence electrons. The Balaban J connectivity index is 1.92. The van der Waals surface area contributed by atoms with E-state index in [1.54, 1.807) is 53.1 Å². The molecule has 2 heterocycles. The van der Waals surface area contributed by atoms with E-state index in [0.29, 0.717) is 0 Å². The van der Waals surface area contributed by atoms with Crippen LogP contribution in [0.2, 0.25) is 0 Å². The first-order valence-electron chi connectivity index (χ1n) is 9.35. The minimum Gasteiger partial charge on any atom is -0.299 e. The standard InChI is InChI=1S/C25H16OS4/c26-11-5-1-2-6-17-9-10-20-21(16-17)23(25-29-14-15-30-25)19-8-4-3-7-18(19)22(20)24-27-12-13-28-24/h1-16H/b5-1+,6-2+. The quantitative estimate of drug-likeness (QED) is 0.185. The molecule has 30 heavy (non-hydrogen) atoms. The summed E-state index contributed by atoms with van der Waals surface area (Å²) < 4.78 is 2.65. The van der Waals surface area contributed by atoms with E-state index in [9.17, 15) is 4.79 Å². The van der Waals surface area contributed by atoms with Gasteiger partial charge < -0.3 is 0 Å². The fourth-order valence-electron chi connectivity index (χ4n) is 3.67. The molecule has 2 aliphatic heterocycles. The molecule has 0 spiro atoms. The molecule has 0 amide bonds. The summed E-state index contributed by atoms with van der Waals surface area (Å²) in [5, 5.41) is 16.4. The van der Waals surface area contributed by atoms with Crippen LogP contribution < -0.4 is 10.4 Å². The summed E-state index contributed by atoms with van der Waals surface area (Å²) in [5.74, 6) is 0. The monoisotopic (exact) mass is 460 g/mol. The molecule has 0 radical (unpaired) electrons. The number of thioether (sulfide) groups is 4. The topological polar surface area (TPSA) is 17.1 Å². The van der Waals surface area contributed by atoms with Gasteiger partial charge in [0.2, 0.25) is 0 Å². The van der Waals surface area contributed by atoms with E-state index in [2.05, 4.69) is 64.1 Å². The second kappa shape index (κ2) is 8.98. The number of benzene rings is 3. The highest BCUT2D eigenvalue weighted by Crippen LogP contribution is 2.41. The Labute approximate surface area is 191 Å². The van der Waals surface area contributed by atoms with Gasteiger partial charge in [0.25, 0.3) is 0 Å². The highest BCUT2D eigenvalue weighted by molar-refractivity contribution is 8.35. The predicted octanol–water partition coefficient (Wildman–Crippen LogP) is 6.80. The Kier molecular flexibility index (Phi) is 5.95. The lowest BCUT2D eigenvalue weighted by atomic mass is 9.97. The predicted molar refractivity (Wildman–Crippen MR) is 140 cm³/mol. The molecule has 2 aliphatic rings. The Morgan fingerprint density at radius 1 is 0.600 bits per heavy atom. The van der Waals surface area contributed by atoms with Gasteiger partial charge in [-0.25, -0.2) is 0 Å². The zero-order chi connectivity index (χ0) is 20.3. The molecule has 0 aliphatic carbocycles. The molecular formula is C25H16OS4. The summed E-state index contributed by atoms with van der Waals surface area (Å²) in [6, 6.07) is 15.4. The molecule has 3 aromatic carbocycles. The average molecular weight is 461 g/mol. The molecule has 0 N–H and O–H groups in total. The van der Waals surface area contributed by atoms with Crippen molar-refractivity contribution in [3.63, 3.8) is 0 Å². The zero-order valence-electron chi connectivity index (χ0n) is 15.8. The van der Waals surface area contributed by atoms with Crippen molar-refractivity contribution < 1.29 is 4.79 Å². The summed E-state index contributed by atoms with van der Waals surface area (Å²) >= 11 is 7.19. The number of carbonyl (C=O) groups is 1. The molecule has 5 heteroatoms. The summed E-state index contributed by atoms with van der Waals surface area (Å²) in [5.41, 5.74) is 1.12. The number of allylic oxidation sites excluding steroid dienone is 3. The smallest absolute Gasteiger partial charge is 0.142 e. The third kappa shape index (κ3) is 3.71. The third-order valence-electron chi connectivity index (χ3n) is 4.86. The fraction of sp³-hybridized carbons (Fsp3) is 0. The van der Waals surface area contributed by atoms with E-state index in [4.69, 9.17) is 0 Å². The van der Waals surface area contributed by atoms with E-state index in [-0.39, 0.29) is 0 Å². The molecule has 1 nitrogen and oxygen atoms in total. The largest absolute Gasteiger partial charge is 0.299 e. The zero-order valence-corrected chi connectivity index (χ0v) is 19.0. The van der Waals surface area contributed by atoms with Crippen LogP contribution in [0.25, 0.3) is 36.1 Å². The van der Waals surface area contributed by atoms with Gasteiger partial charge in [-0.15, -0.1) is 0 Å². The first-order chi connectivity index (χ1) is 14.9. The average Bonchev–Trinajstić information content (AvgIpc) is 3.49. The summed E-state index contributed by atoms with van der Waals surface area (Å²) in [6.07, 6.45) is 8.01. The number of hydrogen-bond donors (Lipinski definition) is 0. The van der Waals surface area contributed by atoms with Crippen LogP contribution in [0, 0.1) is 0 Å². The molecule has 5 rings (SSSR count). The maximum atomic E-state index is 10.5. The van der Waals surface area contributed by atoms with Gasteiger partial charge in [0.15, 0.2) is 0 Å². The first-order valence-corrected chi connectivity index (χ1v) is 12.9. The SMILES string of the molecule is O=C/C=C/C=C/c1ccc2c(=C3SC=CS3)c3ccccc3c(=C3SC=CS3)c2c1. The number of carbonyl (C=O) groups excluding carboxylic acids is 1. The molecular weight excluding hydrogens is 445 g/mol. The second-order valence-corrected chi connectivity index (χ2v) is 10.8. The Morgan fingerprint density at radius 3 is 1.77 bits per heavy atom.